The Balaban J connectivity index is 2.63. The number of hydrogen-bond acceptors (Lipinski definition) is 4. The van der Waals surface area contributed by atoms with Gasteiger partial charge in [0, 0.05) is 30.8 Å². The van der Waals surface area contributed by atoms with E-state index in [0.29, 0.717) is 32.7 Å². The minimum Gasteiger partial charge on any atom is -0.478 e. The zero-order chi connectivity index (χ0) is 14.4. The van der Waals surface area contributed by atoms with E-state index in [4.69, 9.17) is 9.84 Å². The summed E-state index contributed by atoms with van der Waals surface area (Å²) in [5.41, 5.74) is -0.0589. The van der Waals surface area contributed by atoms with Crippen LogP contribution in [0.2, 0.25) is 0 Å². The van der Waals surface area contributed by atoms with Crippen molar-refractivity contribution in [1.82, 2.24) is 10.2 Å². The van der Waals surface area contributed by atoms with Gasteiger partial charge in [-0.15, -0.1) is 0 Å². The zero-order valence-corrected chi connectivity index (χ0v) is 11.1. The van der Waals surface area contributed by atoms with Crippen LogP contribution in [0.5, 0.6) is 0 Å². The molecule has 0 saturated carbocycles. The van der Waals surface area contributed by atoms with Crippen LogP contribution in [0.4, 0.5) is 4.79 Å². The number of hydrogen-bond donors (Lipinski definition) is 2. The molecule has 0 aromatic rings. The molecule has 7 heteroatoms. The highest BCUT2D eigenvalue weighted by Gasteiger charge is 2.20. The van der Waals surface area contributed by atoms with Gasteiger partial charge in [-0.25, -0.2) is 9.59 Å². The lowest BCUT2D eigenvalue weighted by atomic mass is 10.1. The number of carbonyl (C=O) groups excluding carboxylic acids is 2. The number of aliphatic carboxylic acids is 1. The first-order chi connectivity index (χ1) is 8.93. The fraction of sp³-hybridized carbons (Fsp3) is 0.583. The third kappa shape index (κ3) is 4.36. The summed E-state index contributed by atoms with van der Waals surface area (Å²) in [4.78, 5) is 35.8. The van der Waals surface area contributed by atoms with Crippen LogP contribution in [-0.2, 0) is 14.3 Å². The van der Waals surface area contributed by atoms with Crippen LogP contribution in [0.3, 0.4) is 0 Å². The van der Waals surface area contributed by atoms with E-state index >= 15 is 0 Å². The highest BCUT2D eigenvalue weighted by Crippen LogP contribution is 2.05. The fourth-order valence-electron chi connectivity index (χ4n) is 1.55. The van der Waals surface area contributed by atoms with E-state index in [0.717, 1.165) is 0 Å². The Hall–Kier alpha value is -1.89. The normalized spacial score (nSPS) is 17.3. The average Bonchev–Trinajstić information content (AvgIpc) is 2.65. The number of imide groups is 1. The van der Waals surface area contributed by atoms with Gasteiger partial charge in [-0.1, -0.05) is 0 Å². The Bertz CT molecular complexity index is 408. The average molecular weight is 270 g/mol. The molecule has 0 bridgehead atoms. The van der Waals surface area contributed by atoms with Crippen molar-refractivity contribution in [2.24, 2.45) is 0 Å². The molecule has 0 aromatic heterocycles. The molecular weight excluding hydrogens is 252 g/mol. The molecule has 0 radical (unpaired) electrons. The van der Waals surface area contributed by atoms with E-state index in [1.165, 1.54) is 18.7 Å². The molecule has 1 aliphatic rings. The number of carbonyl (C=O) groups is 3. The summed E-state index contributed by atoms with van der Waals surface area (Å²) in [6.07, 6.45) is 0.713. The molecule has 3 amide bonds. The molecule has 106 valence electrons. The highest BCUT2D eigenvalue weighted by molar-refractivity contribution is 6.07. The first-order valence-corrected chi connectivity index (χ1v) is 6.02. The van der Waals surface area contributed by atoms with E-state index in [-0.39, 0.29) is 11.1 Å². The molecule has 0 aromatic carbocycles. The smallest absolute Gasteiger partial charge is 0.331 e. The van der Waals surface area contributed by atoms with Gasteiger partial charge in [0.25, 0.3) is 5.91 Å². The van der Waals surface area contributed by atoms with Crippen LogP contribution in [0.25, 0.3) is 0 Å². The summed E-state index contributed by atoms with van der Waals surface area (Å²) in [6.45, 7) is 4.65. The molecule has 1 fully saturated rings. The lowest BCUT2D eigenvalue weighted by Crippen LogP contribution is -2.44. The van der Waals surface area contributed by atoms with E-state index < -0.39 is 17.9 Å². The molecule has 2 N–H and O–H groups in total. The third-order valence-corrected chi connectivity index (χ3v) is 2.95. The number of rotatable bonds is 2. The van der Waals surface area contributed by atoms with Gasteiger partial charge < -0.3 is 14.7 Å². The number of nitrogens with one attached hydrogen (secondary N) is 1. The molecule has 1 saturated heterocycles. The SMILES string of the molecule is C/C(C(=O)O)=C(\C)C(=O)NC(=O)N1CCCOCC1. The summed E-state index contributed by atoms with van der Waals surface area (Å²) in [5, 5.41) is 11.0. The largest absolute Gasteiger partial charge is 0.478 e. The van der Waals surface area contributed by atoms with Crippen molar-refractivity contribution in [3.8, 4) is 0 Å². The van der Waals surface area contributed by atoms with Crippen LogP contribution in [0.1, 0.15) is 20.3 Å². The Morgan fingerprint density at radius 1 is 1.11 bits per heavy atom. The molecule has 0 unspecified atom stereocenters. The van der Waals surface area contributed by atoms with Gasteiger partial charge in [-0.05, 0) is 20.3 Å². The number of urea groups is 1. The van der Waals surface area contributed by atoms with Crippen molar-refractivity contribution in [3.05, 3.63) is 11.1 Å². The van der Waals surface area contributed by atoms with Gasteiger partial charge in [-0.3, -0.25) is 10.1 Å². The van der Waals surface area contributed by atoms with Gasteiger partial charge in [0.05, 0.1) is 6.61 Å². The van der Waals surface area contributed by atoms with Crippen LogP contribution >= 0.6 is 0 Å². The van der Waals surface area contributed by atoms with E-state index in [1.54, 1.807) is 0 Å². The number of carboxylic acids is 1. The van der Waals surface area contributed by atoms with Gasteiger partial charge >= 0.3 is 12.0 Å². The Morgan fingerprint density at radius 2 is 1.79 bits per heavy atom. The molecule has 7 nitrogen and oxygen atoms in total. The topological polar surface area (TPSA) is 95.9 Å². The lowest BCUT2D eigenvalue weighted by molar-refractivity contribution is -0.133. The molecular formula is C12H18N2O5. The van der Waals surface area contributed by atoms with Gasteiger partial charge in [-0.2, -0.15) is 0 Å². The van der Waals surface area contributed by atoms with Crippen LogP contribution in [0.15, 0.2) is 11.1 Å². The summed E-state index contributed by atoms with van der Waals surface area (Å²) < 4.78 is 5.20. The monoisotopic (exact) mass is 270 g/mol. The second-order valence-corrected chi connectivity index (χ2v) is 4.27. The lowest BCUT2D eigenvalue weighted by Gasteiger charge is -2.19. The summed E-state index contributed by atoms with van der Waals surface area (Å²) in [7, 11) is 0. The Kier molecular flexibility index (Phi) is 5.50. The number of carboxylic acid groups (broad SMARTS) is 1. The standard InChI is InChI=1S/C12H18N2O5/c1-8(9(2)11(16)17)10(15)13-12(18)14-4-3-6-19-7-5-14/h3-7H2,1-2H3,(H,16,17)(H,13,15,18)/b9-8-. The van der Waals surface area contributed by atoms with Crippen molar-refractivity contribution in [2.75, 3.05) is 26.3 Å². The predicted molar refractivity (Wildman–Crippen MR) is 66.6 cm³/mol. The quantitative estimate of drug-likeness (QED) is 0.706. The first kappa shape index (κ1) is 15.2. The predicted octanol–water partition coefficient (Wildman–Crippen LogP) is 0.366. The van der Waals surface area contributed by atoms with Crippen molar-refractivity contribution in [1.29, 1.82) is 0 Å². The molecule has 1 aliphatic heterocycles. The van der Waals surface area contributed by atoms with E-state index in [2.05, 4.69) is 5.32 Å². The fourth-order valence-corrected chi connectivity index (χ4v) is 1.55. The van der Waals surface area contributed by atoms with Gasteiger partial charge in [0.2, 0.25) is 0 Å². The van der Waals surface area contributed by atoms with Crippen LogP contribution in [-0.4, -0.2) is 54.2 Å². The maximum atomic E-state index is 11.8. The van der Waals surface area contributed by atoms with Crippen molar-refractivity contribution in [2.45, 2.75) is 20.3 Å². The van der Waals surface area contributed by atoms with Crippen molar-refractivity contribution in [3.63, 3.8) is 0 Å². The highest BCUT2D eigenvalue weighted by atomic mass is 16.5. The first-order valence-electron chi connectivity index (χ1n) is 6.02. The minimum atomic E-state index is -1.18. The molecule has 19 heavy (non-hydrogen) atoms. The van der Waals surface area contributed by atoms with Crippen molar-refractivity contribution >= 4 is 17.9 Å². The third-order valence-electron chi connectivity index (χ3n) is 2.95. The number of nitrogens with zero attached hydrogens (tertiary/aromatic N) is 1. The molecule has 0 aliphatic carbocycles. The van der Waals surface area contributed by atoms with Gasteiger partial charge in [0.15, 0.2) is 0 Å². The summed E-state index contributed by atoms with van der Waals surface area (Å²) in [5.74, 6) is -1.86. The molecule has 0 spiro atoms. The second-order valence-electron chi connectivity index (χ2n) is 4.27. The van der Waals surface area contributed by atoms with Crippen LogP contribution < -0.4 is 5.32 Å². The van der Waals surface area contributed by atoms with Crippen LogP contribution in [0, 0.1) is 0 Å². The maximum Gasteiger partial charge on any atom is 0.331 e. The minimum absolute atomic E-state index is 0.0203. The Morgan fingerprint density at radius 3 is 2.42 bits per heavy atom. The van der Waals surface area contributed by atoms with E-state index in [9.17, 15) is 14.4 Å². The Labute approximate surface area is 111 Å². The number of amides is 3. The summed E-state index contributed by atoms with van der Waals surface area (Å²) in [6, 6.07) is -0.520. The molecule has 0 atom stereocenters. The zero-order valence-electron chi connectivity index (χ0n) is 11.1. The van der Waals surface area contributed by atoms with Gasteiger partial charge in [0.1, 0.15) is 0 Å². The molecule has 1 rings (SSSR count). The maximum absolute atomic E-state index is 11.8. The second kappa shape index (κ2) is 6.89. The van der Waals surface area contributed by atoms with E-state index in [1.807, 2.05) is 0 Å². The molecule has 1 heterocycles. The number of ether oxygens (including phenoxy) is 1. The van der Waals surface area contributed by atoms with Crippen molar-refractivity contribution < 1.29 is 24.2 Å². The summed E-state index contributed by atoms with van der Waals surface area (Å²) >= 11 is 0.